The maximum absolute atomic E-state index is 2.46. The highest BCUT2D eigenvalue weighted by molar-refractivity contribution is 5.34. The molecule has 0 atom stereocenters. The van der Waals surface area contributed by atoms with Crippen LogP contribution in [0.5, 0.6) is 0 Å². The Balaban J connectivity index is 1.83. The molecule has 0 radical (unpaired) electrons. The lowest BCUT2D eigenvalue weighted by molar-refractivity contribution is 0.430. The minimum absolute atomic E-state index is 0.722. The Kier molecular flexibility index (Phi) is 0.564. The Bertz CT molecular complexity index is 150. The first-order valence-electron chi connectivity index (χ1n) is 4.12. The summed E-state index contributed by atoms with van der Waals surface area (Å²) in [5.74, 6) is 2.20. The molecule has 0 amide bonds. The highest BCUT2D eigenvalue weighted by Crippen LogP contribution is 2.65. The molecule has 0 unspecified atom stereocenters. The normalized spacial score (nSPS) is 36.9. The molecule has 9 heavy (non-hydrogen) atoms. The van der Waals surface area contributed by atoms with Crippen molar-refractivity contribution < 1.29 is 0 Å². The van der Waals surface area contributed by atoms with E-state index in [4.69, 9.17) is 0 Å². The molecule has 0 aromatic heterocycles. The molecule has 0 nitrogen and oxygen atoms in total. The van der Waals surface area contributed by atoms with Crippen LogP contribution in [0.15, 0.2) is 12.2 Å². The van der Waals surface area contributed by atoms with E-state index in [1.165, 1.54) is 25.7 Å². The van der Waals surface area contributed by atoms with E-state index in [0.717, 1.165) is 17.3 Å². The third-order valence-electron chi connectivity index (χ3n) is 3.12. The molecule has 0 bridgehead atoms. The fourth-order valence-corrected chi connectivity index (χ4v) is 2.14. The molecule has 0 heterocycles. The lowest BCUT2D eigenvalue weighted by Gasteiger charge is -2.11. The summed E-state index contributed by atoms with van der Waals surface area (Å²) in [6.45, 7) is 0. The first kappa shape index (κ1) is 4.54. The van der Waals surface area contributed by atoms with Crippen molar-refractivity contribution in [1.29, 1.82) is 0 Å². The predicted molar refractivity (Wildman–Crippen MR) is 37.0 cm³/mol. The van der Waals surface area contributed by atoms with Gasteiger partial charge in [0.2, 0.25) is 0 Å². The molecule has 0 aromatic rings. The highest BCUT2D eigenvalue weighted by Gasteiger charge is 2.56. The predicted octanol–water partition coefficient (Wildman–Crippen LogP) is 2.36. The van der Waals surface area contributed by atoms with Gasteiger partial charge in [0.15, 0.2) is 0 Å². The third kappa shape index (κ3) is 0.493. The number of hydrogen-bond donors (Lipinski definition) is 0. The van der Waals surface area contributed by atoms with Crippen LogP contribution in [0.3, 0.4) is 0 Å². The van der Waals surface area contributed by atoms with Crippen molar-refractivity contribution in [3.63, 3.8) is 0 Å². The van der Waals surface area contributed by atoms with Crippen LogP contribution in [0.4, 0.5) is 0 Å². The van der Waals surface area contributed by atoms with Crippen molar-refractivity contribution in [2.45, 2.75) is 25.7 Å². The summed E-state index contributed by atoms with van der Waals surface area (Å²) in [5.41, 5.74) is 0.722. The highest BCUT2D eigenvalue weighted by atomic mass is 14.6. The Morgan fingerprint density at radius 3 is 1.56 bits per heavy atom. The molecular formula is C9H12. The molecule has 2 saturated carbocycles. The molecule has 2 fully saturated rings. The minimum atomic E-state index is 0.722. The summed E-state index contributed by atoms with van der Waals surface area (Å²) in [7, 11) is 0. The lowest BCUT2D eigenvalue weighted by atomic mass is 9.92. The molecular weight excluding hydrogens is 108 g/mol. The van der Waals surface area contributed by atoms with Gasteiger partial charge in [0.05, 0.1) is 0 Å². The summed E-state index contributed by atoms with van der Waals surface area (Å²) in [5, 5.41) is 0. The largest absolute Gasteiger partial charge is 0.0771 e. The lowest BCUT2D eigenvalue weighted by Crippen LogP contribution is -2.07. The fraction of sp³-hybridized carbons (Fsp3) is 0.778. The van der Waals surface area contributed by atoms with E-state index in [-0.39, 0.29) is 0 Å². The number of allylic oxidation sites excluding steroid dienone is 2. The maximum atomic E-state index is 2.46. The average Bonchev–Trinajstić information content (AvgIpc) is 2.67. The molecule has 3 rings (SSSR count). The van der Waals surface area contributed by atoms with E-state index in [9.17, 15) is 0 Å². The van der Waals surface area contributed by atoms with Crippen molar-refractivity contribution >= 4 is 0 Å². The van der Waals surface area contributed by atoms with Gasteiger partial charge in [0.25, 0.3) is 0 Å². The smallest absolute Gasteiger partial charge is 0.0118 e. The van der Waals surface area contributed by atoms with Crippen LogP contribution >= 0.6 is 0 Å². The maximum Gasteiger partial charge on any atom is 0.0118 e. The zero-order valence-corrected chi connectivity index (χ0v) is 5.64. The zero-order chi connectivity index (χ0) is 5.90. The second kappa shape index (κ2) is 1.12. The van der Waals surface area contributed by atoms with Gasteiger partial charge in [-0.05, 0) is 37.5 Å². The van der Waals surface area contributed by atoms with Crippen LogP contribution in [-0.2, 0) is 0 Å². The SMILES string of the molecule is C1=CC1(C1CC1)C1CC1. The summed E-state index contributed by atoms with van der Waals surface area (Å²) in [6, 6.07) is 0. The van der Waals surface area contributed by atoms with Crippen LogP contribution in [0, 0.1) is 17.3 Å². The van der Waals surface area contributed by atoms with E-state index in [1.54, 1.807) is 0 Å². The number of hydrogen-bond acceptors (Lipinski definition) is 0. The van der Waals surface area contributed by atoms with Crippen molar-refractivity contribution in [1.82, 2.24) is 0 Å². The molecule has 48 valence electrons. The summed E-state index contributed by atoms with van der Waals surface area (Å²) in [4.78, 5) is 0. The summed E-state index contributed by atoms with van der Waals surface area (Å²) < 4.78 is 0. The van der Waals surface area contributed by atoms with E-state index < -0.39 is 0 Å². The molecule has 3 aliphatic rings. The van der Waals surface area contributed by atoms with Crippen molar-refractivity contribution in [2.75, 3.05) is 0 Å². The first-order valence-corrected chi connectivity index (χ1v) is 4.12. The summed E-state index contributed by atoms with van der Waals surface area (Å²) >= 11 is 0. The molecule has 0 spiro atoms. The molecule has 3 aliphatic carbocycles. The Labute approximate surface area is 56.0 Å². The van der Waals surface area contributed by atoms with Gasteiger partial charge in [-0.3, -0.25) is 0 Å². The van der Waals surface area contributed by atoms with Gasteiger partial charge >= 0.3 is 0 Å². The van der Waals surface area contributed by atoms with Gasteiger partial charge in [-0.25, -0.2) is 0 Å². The third-order valence-corrected chi connectivity index (χ3v) is 3.12. The zero-order valence-electron chi connectivity index (χ0n) is 5.64. The van der Waals surface area contributed by atoms with Gasteiger partial charge in [-0.1, -0.05) is 12.2 Å². The van der Waals surface area contributed by atoms with Gasteiger partial charge in [0, 0.05) is 5.41 Å². The standard InChI is InChI=1S/C9H12/c1-2-7(1)9(5-6-9)8-3-4-8/h5-8H,1-4H2. The minimum Gasteiger partial charge on any atom is -0.0771 e. The van der Waals surface area contributed by atoms with Crippen LogP contribution < -0.4 is 0 Å². The molecule has 0 aromatic carbocycles. The van der Waals surface area contributed by atoms with E-state index in [2.05, 4.69) is 12.2 Å². The van der Waals surface area contributed by atoms with E-state index in [1.807, 2.05) is 0 Å². The summed E-state index contributed by atoms with van der Waals surface area (Å²) in [6.07, 6.45) is 11.0. The number of rotatable bonds is 2. The van der Waals surface area contributed by atoms with Crippen molar-refractivity contribution in [3.8, 4) is 0 Å². The fourth-order valence-electron chi connectivity index (χ4n) is 2.14. The van der Waals surface area contributed by atoms with Crippen molar-refractivity contribution in [2.24, 2.45) is 17.3 Å². The van der Waals surface area contributed by atoms with E-state index in [0.29, 0.717) is 0 Å². The monoisotopic (exact) mass is 120 g/mol. The topological polar surface area (TPSA) is 0 Å². The van der Waals surface area contributed by atoms with Crippen LogP contribution in [-0.4, -0.2) is 0 Å². The van der Waals surface area contributed by atoms with Gasteiger partial charge < -0.3 is 0 Å². The van der Waals surface area contributed by atoms with E-state index >= 15 is 0 Å². The average molecular weight is 120 g/mol. The second-order valence-electron chi connectivity index (χ2n) is 3.88. The van der Waals surface area contributed by atoms with Crippen molar-refractivity contribution in [3.05, 3.63) is 12.2 Å². The van der Waals surface area contributed by atoms with Gasteiger partial charge in [0.1, 0.15) is 0 Å². The van der Waals surface area contributed by atoms with Gasteiger partial charge in [-0.2, -0.15) is 0 Å². The Morgan fingerprint density at radius 1 is 0.889 bits per heavy atom. The quantitative estimate of drug-likeness (QED) is 0.491. The first-order chi connectivity index (χ1) is 4.42. The molecule has 0 aliphatic heterocycles. The Hall–Kier alpha value is -0.260. The van der Waals surface area contributed by atoms with Crippen LogP contribution in [0.25, 0.3) is 0 Å². The second-order valence-corrected chi connectivity index (χ2v) is 3.88. The molecule has 0 heteroatoms. The molecule has 0 saturated heterocycles. The Morgan fingerprint density at radius 2 is 1.33 bits per heavy atom. The van der Waals surface area contributed by atoms with Crippen LogP contribution in [0.1, 0.15) is 25.7 Å². The van der Waals surface area contributed by atoms with Gasteiger partial charge in [-0.15, -0.1) is 0 Å². The molecule has 0 N–H and O–H groups in total. The van der Waals surface area contributed by atoms with Crippen LogP contribution in [0.2, 0.25) is 0 Å².